The van der Waals surface area contributed by atoms with Crippen molar-refractivity contribution in [2.24, 2.45) is 11.7 Å². The van der Waals surface area contributed by atoms with E-state index < -0.39 is 5.54 Å². The van der Waals surface area contributed by atoms with Gasteiger partial charge in [0.25, 0.3) is 0 Å². The van der Waals surface area contributed by atoms with Crippen molar-refractivity contribution in [3.8, 4) is 0 Å². The third-order valence-electron chi connectivity index (χ3n) is 3.04. The van der Waals surface area contributed by atoms with Gasteiger partial charge in [-0.3, -0.25) is 9.59 Å². The third kappa shape index (κ3) is 3.20. The van der Waals surface area contributed by atoms with Crippen molar-refractivity contribution in [1.29, 1.82) is 0 Å². The van der Waals surface area contributed by atoms with Gasteiger partial charge in [0.15, 0.2) is 0 Å². The van der Waals surface area contributed by atoms with Crippen molar-refractivity contribution in [2.45, 2.75) is 31.7 Å². The van der Waals surface area contributed by atoms with Crippen LogP contribution in [0.5, 0.6) is 0 Å². The summed E-state index contributed by atoms with van der Waals surface area (Å²) in [6.07, 6.45) is 2.37. The molecule has 1 rings (SSSR count). The molecule has 0 aromatic carbocycles. The zero-order valence-corrected chi connectivity index (χ0v) is 10.2. The Morgan fingerprint density at radius 2 is 2.00 bits per heavy atom. The van der Waals surface area contributed by atoms with E-state index in [0.717, 1.165) is 12.8 Å². The van der Waals surface area contributed by atoms with E-state index in [9.17, 15) is 9.59 Å². The van der Waals surface area contributed by atoms with Crippen LogP contribution in [0.4, 0.5) is 0 Å². The summed E-state index contributed by atoms with van der Waals surface area (Å²) < 4.78 is 0. The molecule has 0 aliphatic heterocycles. The van der Waals surface area contributed by atoms with Crippen LogP contribution in [-0.2, 0) is 9.59 Å². The topological polar surface area (TPSA) is 75.4 Å². The van der Waals surface area contributed by atoms with Gasteiger partial charge in [-0.1, -0.05) is 0 Å². The fraction of sp³-hybridized carbons (Fsp3) is 0.818. The Labute approximate surface area is 96.4 Å². The summed E-state index contributed by atoms with van der Waals surface area (Å²) in [5, 5.41) is 2.72. The van der Waals surface area contributed by atoms with Crippen molar-refractivity contribution in [3.05, 3.63) is 0 Å². The van der Waals surface area contributed by atoms with E-state index in [1.54, 1.807) is 21.0 Å². The summed E-state index contributed by atoms with van der Waals surface area (Å²) in [6.45, 7) is 2.11. The molecule has 0 aromatic heterocycles. The van der Waals surface area contributed by atoms with Crippen molar-refractivity contribution < 1.29 is 9.59 Å². The number of amides is 2. The standard InChI is InChI=1S/C11H21N3O2/c1-11(12,8-4-5-8)10(16)13-7-6-9(15)14(2)3/h8H,4-7,12H2,1-3H3,(H,13,16). The minimum Gasteiger partial charge on any atom is -0.354 e. The lowest BCUT2D eigenvalue weighted by atomic mass is 9.96. The van der Waals surface area contributed by atoms with Crippen LogP contribution in [0.25, 0.3) is 0 Å². The van der Waals surface area contributed by atoms with Crippen molar-refractivity contribution in [3.63, 3.8) is 0 Å². The molecule has 0 saturated heterocycles. The molecule has 0 heterocycles. The van der Waals surface area contributed by atoms with Crippen LogP contribution >= 0.6 is 0 Å². The first-order chi connectivity index (χ1) is 7.35. The predicted octanol–water partition coefficient (Wildman–Crippen LogP) is -0.292. The maximum Gasteiger partial charge on any atom is 0.240 e. The molecule has 16 heavy (non-hydrogen) atoms. The normalized spacial score (nSPS) is 18.8. The van der Waals surface area contributed by atoms with Crippen LogP contribution in [0.3, 0.4) is 0 Å². The average Bonchev–Trinajstić information content (AvgIpc) is 3.00. The molecule has 3 N–H and O–H groups in total. The average molecular weight is 227 g/mol. The summed E-state index contributed by atoms with van der Waals surface area (Å²) in [5.41, 5.74) is 5.16. The Kier molecular flexibility index (Phi) is 3.91. The van der Waals surface area contributed by atoms with Gasteiger partial charge in [-0.05, 0) is 25.7 Å². The van der Waals surface area contributed by atoms with Crippen molar-refractivity contribution in [1.82, 2.24) is 10.2 Å². The van der Waals surface area contributed by atoms with Crippen LogP contribution in [-0.4, -0.2) is 42.9 Å². The first-order valence-electron chi connectivity index (χ1n) is 5.63. The van der Waals surface area contributed by atoms with Gasteiger partial charge < -0.3 is 16.0 Å². The van der Waals surface area contributed by atoms with E-state index in [1.807, 2.05) is 0 Å². The van der Waals surface area contributed by atoms with Crippen LogP contribution in [0.1, 0.15) is 26.2 Å². The van der Waals surface area contributed by atoms with Gasteiger partial charge in [0.2, 0.25) is 11.8 Å². The summed E-state index contributed by atoms with van der Waals surface area (Å²) in [4.78, 5) is 24.5. The SMILES string of the molecule is CN(C)C(=O)CCNC(=O)C(C)(N)C1CC1. The number of nitrogens with two attached hydrogens (primary N) is 1. The second-order valence-electron chi connectivity index (χ2n) is 4.85. The third-order valence-corrected chi connectivity index (χ3v) is 3.04. The molecule has 1 saturated carbocycles. The Balaban J connectivity index is 2.27. The first-order valence-corrected chi connectivity index (χ1v) is 5.63. The van der Waals surface area contributed by atoms with E-state index in [-0.39, 0.29) is 11.8 Å². The molecule has 0 spiro atoms. The fourth-order valence-corrected chi connectivity index (χ4v) is 1.57. The molecular formula is C11H21N3O2. The highest BCUT2D eigenvalue weighted by Crippen LogP contribution is 2.37. The molecule has 1 fully saturated rings. The van der Waals surface area contributed by atoms with Gasteiger partial charge in [0.1, 0.15) is 0 Å². The molecule has 0 bridgehead atoms. The molecule has 1 unspecified atom stereocenters. The smallest absolute Gasteiger partial charge is 0.240 e. The minimum absolute atomic E-state index is 0.00504. The molecule has 1 atom stereocenters. The van der Waals surface area contributed by atoms with Gasteiger partial charge in [-0.15, -0.1) is 0 Å². The number of carbonyl (C=O) groups is 2. The Hall–Kier alpha value is -1.10. The molecule has 1 aliphatic rings. The summed E-state index contributed by atoms with van der Waals surface area (Å²) in [6, 6.07) is 0. The van der Waals surface area contributed by atoms with E-state index in [4.69, 9.17) is 5.73 Å². The molecule has 92 valence electrons. The van der Waals surface area contributed by atoms with Gasteiger partial charge in [-0.2, -0.15) is 0 Å². The van der Waals surface area contributed by atoms with E-state index in [2.05, 4.69) is 5.32 Å². The van der Waals surface area contributed by atoms with Crippen molar-refractivity contribution in [2.75, 3.05) is 20.6 Å². The Morgan fingerprint density at radius 1 is 1.44 bits per heavy atom. The number of hydrogen-bond donors (Lipinski definition) is 2. The lowest BCUT2D eigenvalue weighted by Gasteiger charge is -2.23. The number of carbonyl (C=O) groups excluding carboxylic acids is 2. The molecule has 5 nitrogen and oxygen atoms in total. The lowest BCUT2D eigenvalue weighted by Crippen LogP contribution is -2.53. The van der Waals surface area contributed by atoms with Crippen LogP contribution in [0, 0.1) is 5.92 Å². The summed E-state index contributed by atoms with van der Waals surface area (Å²) in [7, 11) is 3.39. The lowest BCUT2D eigenvalue weighted by molar-refractivity contribution is -0.129. The zero-order chi connectivity index (χ0) is 12.3. The molecule has 1 aliphatic carbocycles. The Bertz CT molecular complexity index is 283. The van der Waals surface area contributed by atoms with Crippen LogP contribution in [0.2, 0.25) is 0 Å². The number of hydrogen-bond acceptors (Lipinski definition) is 3. The van der Waals surface area contributed by atoms with Gasteiger partial charge in [0.05, 0.1) is 5.54 Å². The van der Waals surface area contributed by atoms with Gasteiger partial charge in [0, 0.05) is 27.1 Å². The summed E-state index contributed by atoms with van der Waals surface area (Å²) >= 11 is 0. The predicted molar refractivity (Wildman–Crippen MR) is 61.6 cm³/mol. The Morgan fingerprint density at radius 3 is 2.44 bits per heavy atom. The number of rotatable bonds is 5. The maximum atomic E-state index is 11.7. The van der Waals surface area contributed by atoms with Crippen molar-refractivity contribution >= 4 is 11.8 Å². The highest BCUT2D eigenvalue weighted by atomic mass is 16.2. The second kappa shape index (κ2) is 4.82. The quantitative estimate of drug-likeness (QED) is 0.677. The van der Waals surface area contributed by atoms with E-state index in [0.29, 0.717) is 18.9 Å². The molecule has 5 heteroatoms. The fourth-order valence-electron chi connectivity index (χ4n) is 1.57. The summed E-state index contributed by atoms with van der Waals surface area (Å²) in [5.74, 6) is 0.157. The molecule has 0 radical (unpaired) electrons. The van der Waals surface area contributed by atoms with E-state index in [1.165, 1.54) is 4.90 Å². The number of nitrogens with zero attached hydrogens (tertiary/aromatic N) is 1. The zero-order valence-electron chi connectivity index (χ0n) is 10.2. The largest absolute Gasteiger partial charge is 0.354 e. The molecular weight excluding hydrogens is 206 g/mol. The maximum absolute atomic E-state index is 11.7. The highest BCUT2D eigenvalue weighted by molar-refractivity contribution is 5.86. The van der Waals surface area contributed by atoms with Crippen LogP contribution < -0.4 is 11.1 Å². The van der Waals surface area contributed by atoms with Gasteiger partial charge in [-0.25, -0.2) is 0 Å². The first kappa shape index (κ1) is 13.0. The number of nitrogens with one attached hydrogen (secondary N) is 1. The van der Waals surface area contributed by atoms with E-state index >= 15 is 0 Å². The monoisotopic (exact) mass is 227 g/mol. The van der Waals surface area contributed by atoms with Gasteiger partial charge >= 0.3 is 0 Å². The second-order valence-corrected chi connectivity index (χ2v) is 4.85. The van der Waals surface area contributed by atoms with Crippen LogP contribution in [0.15, 0.2) is 0 Å². The minimum atomic E-state index is -0.777. The molecule has 0 aromatic rings. The highest BCUT2D eigenvalue weighted by Gasteiger charge is 2.43. The molecule has 2 amide bonds.